The van der Waals surface area contributed by atoms with Gasteiger partial charge in [0.25, 0.3) is 0 Å². The normalized spacial score (nSPS) is 29.2. The maximum atomic E-state index is 12.3. The molecule has 3 atom stereocenters. The van der Waals surface area contributed by atoms with Gasteiger partial charge in [0.1, 0.15) is 6.10 Å². The number of amides is 1. The van der Waals surface area contributed by atoms with E-state index in [-0.39, 0.29) is 24.2 Å². The van der Waals surface area contributed by atoms with E-state index in [2.05, 4.69) is 10.4 Å². The van der Waals surface area contributed by atoms with E-state index in [4.69, 9.17) is 9.47 Å². The van der Waals surface area contributed by atoms with Crippen molar-refractivity contribution in [2.45, 2.75) is 56.8 Å². The van der Waals surface area contributed by atoms with Gasteiger partial charge in [-0.2, -0.15) is 5.10 Å². The number of hydrogen-bond acceptors (Lipinski definition) is 4. The minimum Gasteiger partial charge on any atom is -0.378 e. The van der Waals surface area contributed by atoms with E-state index in [1.165, 1.54) is 0 Å². The third kappa shape index (κ3) is 3.87. The number of aryl methyl sites for hydroxylation is 1. The summed E-state index contributed by atoms with van der Waals surface area (Å²) in [6, 6.07) is 0.0223. The molecule has 2 saturated heterocycles. The molecule has 0 saturated carbocycles. The Bertz CT molecular complexity index is 497. The van der Waals surface area contributed by atoms with Crippen LogP contribution in [0.25, 0.3) is 0 Å². The van der Waals surface area contributed by atoms with Gasteiger partial charge in [0, 0.05) is 32.0 Å². The standard InChI is InChI=1S/C16H25N3O3/c1-19-11-12(10-17-19)16-14(6-4-8-22-16)18-15(20)9-13-5-2-3-7-21-13/h10-11,13-14,16H,2-9H2,1H3,(H,18,20)/t13?,14-,16+/m0/s1. The number of nitrogens with one attached hydrogen (secondary N) is 1. The van der Waals surface area contributed by atoms with Crippen LogP contribution in [0, 0.1) is 0 Å². The molecule has 122 valence electrons. The van der Waals surface area contributed by atoms with Crippen molar-refractivity contribution in [3.63, 3.8) is 0 Å². The third-order valence-corrected chi connectivity index (χ3v) is 4.41. The van der Waals surface area contributed by atoms with Crippen LogP contribution in [0.1, 0.15) is 50.2 Å². The molecule has 0 spiro atoms. The van der Waals surface area contributed by atoms with E-state index < -0.39 is 0 Å². The van der Waals surface area contributed by atoms with Crippen molar-refractivity contribution in [1.29, 1.82) is 0 Å². The zero-order chi connectivity index (χ0) is 15.4. The molecule has 22 heavy (non-hydrogen) atoms. The molecule has 1 amide bonds. The number of ether oxygens (including phenoxy) is 2. The second-order valence-electron chi connectivity index (χ2n) is 6.25. The van der Waals surface area contributed by atoms with Crippen LogP contribution in [0.5, 0.6) is 0 Å². The first kappa shape index (κ1) is 15.5. The Morgan fingerprint density at radius 1 is 1.32 bits per heavy atom. The Morgan fingerprint density at radius 2 is 2.18 bits per heavy atom. The summed E-state index contributed by atoms with van der Waals surface area (Å²) in [6.07, 6.45) is 9.38. The smallest absolute Gasteiger partial charge is 0.222 e. The summed E-state index contributed by atoms with van der Waals surface area (Å²) in [7, 11) is 1.89. The summed E-state index contributed by atoms with van der Waals surface area (Å²) >= 11 is 0. The number of carbonyl (C=O) groups excluding carboxylic acids is 1. The summed E-state index contributed by atoms with van der Waals surface area (Å²) in [5, 5.41) is 7.35. The zero-order valence-corrected chi connectivity index (χ0v) is 13.2. The van der Waals surface area contributed by atoms with Gasteiger partial charge in [-0.05, 0) is 32.1 Å². The Morgan fingerprint density at radius 3 is 2.91 bits per heavy atom. The number of rotatable bonds is 4. The second kappa shape index (κ2) is 7.24. The third-order valence-electron chi connectivity index (χ3n) is 4.41. The molecule has 1 aromatic heterocycles. The molecule has 0 bridgehead atoms. The summed E-state index contributed by atoms with van der Waals surface area (Å²) in [6.45, 7) is 1.51. The van der Waals surface area contributed by atoms with Gasteiger partial charge in [-0.25, -0.2) is 0 Å². The molecule has 6 nitrogen and oxygen atoms in total. The van der Waals surface area contributed by atoms with Crippen LogP contribution in [-0.2, 0) is 21.3 Å². The van der Waals surface area contributed by atoms with Crippen LogP contribution in [-0.4, -0.2) is 41.0 Å². The van der Waals surface area contributed by atoms with Gasteiger partial charge in [0.05, 0.1) is 24.8 Å². The molecule has 0 aliphatic carbocycles. The van der Waals surface area contributed by atoms with Gasteiger partial charge < -0.3 is 14.8 Å². The fraction of sp³-hybridized carbons (Fsp3) is 0.750. The Balaban J connectivity index is 1.57. The van der Waals surface area contributed by atoms with Crippen molar-refractivity contribution >= 4 is 5.91 Å². The quantitative estimate of drug-likeness (QED) is 0.920. The Kier molecular flexibility index (Phi) is 5.10. The van der Waals surface area contributed by atoms with E-state index in [1.807, 2.05) is 19.4 Å². The van der Waals surface area contributed by atoms with Gasteiger partial charge in [-0.1, -0.05) is 0 Å². The van der Waals surface area contributed by atoms with Crippen molar-refractivity contribution in [1.82, 2.24) is 15.1 Å². The van der Waals surface area contributed by atoms with E-state index >= 15 is 0 Å². The molecule has 6 heteroatoms. The van der Waals surface area contributed by atoms with Crippen LogP contribution in [0.3, 0.4) is 0 Å². The molecule has 0 aromatic carbocycles. The van der Waals surface area contributed by atoms with Gasteiger partial charge in [0.15, 0.2) is 0 Å². The summed E-state index contributed by atoms with van der Waals surface area (Å²) < 4.78 is 13.3. The highest BCUT2D eigenvalue weighted by Crippen LogP contribution is 2.28. The Labute approximate surface area is 131 Å². The van der Waals surface area contributed by atoms with Crippen molar-refractivity contribution in [3.8, 4) is 0 Å². The van der Waals surface area contributed by atoms with Crippen LogP contribution in [0.2, 0.25) is 0 Å². The topological polar surface area (TPSA) is 65.4 Å². The number of aromatic nitrogens is 2. The first-order valence-electron chi connectivity index (χ1n) is 8.23. The average molecular weight is 307 g/mol. The number of nitrogens with zero attached hydrogens (tertiary/aromatic N) is 2. The van der Waals surface area contributed by atoms with Crippen molar-refractivity contribution < 1.29 is 14.3 Å². The summed E-state index contributed by atoms with van der Waals surface area (Å²) in [5.41, 5.74) is 1.03. The van der Waals surface area contributed by atoms with Gasteiger partial charge >= 0.3 is 0 Å². The average Bonchev–Trinajstić information content (AvgIpc) is 2.95. The van der Waals surface area contributed by atoms with Crippen molar-refractivity contribution in [2.24, 2.45) is 7.05 Å². The lowest BCUT2D eigenvalue weighted by molar-refractivity contribution is -0.127. The second-order valence-corrected chi connectivity index (χ2v) is 6.25. The lowest BCUT2D eigenvalue weighted by Crippen LogP contribution is -2.44. The highest BCUT2D eigenvalue weighted by atomic mass is 16.5. The summed E-state index contributed by atoms with van der Waals surface area (Å²) in [4.78, 5) is 12.3. The molecule has 0 radical (unpaired) electrons. The van der Waals surface area contributed by atoms with Crippen LogP contribution >= 0.6 is 0 Å². The highest BCUT2D eigenvalue weighted by molar-refractivity contribution is 5.76. The number of hydrogen-bond donors (Lipinski definition) is 1. The fourth-order valence-electron chi connectivity index (χ4n) is 3.29. The zero-order valence-electron chi connectivity index (χ0n) is 13.2. The predicted molar refractivity (Wildman–Crippen MR) is 81.3 cm³/mol. The molecular weight excluding hydrogens is 282 g/mol. The van der Waals surface area contributed by atoms with Crippen molar-refractivity contribution in [2.75, 3.05) is 13.2 Å². The Hall–Kier alpha value is -1.40. The molecule has 2 fully saturated rings. The first-order chi connectivity index (χ1) is 10.7. The van der Waals surface area contributed by atoms with Gasteiger partial charge in [-0.15, -0.1) is 0 Å². The monoisotopic (exact) mass is 307 g/mol. The molecule has 3 heterocycles. The number of carbonyl (C=O) groups is 1. The maximum Gasteiger partial charge on any atom is 0.222 e. The van der Waals surface area contributed by atoms with Gasteiger partial charge in [0.2, 0.25) is 5.91 Å². The minimum atomic E-state index is -0.0984. The largest absolute Gasteiger partial charge is 0.378 e. The molecule has 1 unspecified atom stereocenters. The summed E-state index contributed by atoms with van der Waals surface area (Å²) in [5.74, 6) is 0.0660. The van der Waals surface area contributed by atoms with Crippen LogP contribution < -0.4 is 5.32 Å². The van der Waals surface area contributed by atoms with Crippen LogP contribution in [0.15, 0.2) is 12.4 Å². The minimum absolute atomic E-state index is 0.0223. The van der Waals surface area contributed by atoms with E-state index in [0.717, 1.165) is 50.9 Å². The molecular formula is C16H25N3O3. The molecule has 2 aliphatic rings. The molecule has 2 aliphatic heterocycles. The van der Waals surface area contributed by atoms with Crippen LogP contribution in [0.4, 0.5) is 0 Å². The van der Waals surface area contributed by atoms with E-state index in [9.17, 15) is 4.79 Å². The van der Waals surface area contributed by atoms with Gasteiger partial charge in [-0.3, -0.25) is 9.48 Å². The molecule has 1 aromatic rings. The SMILES string of the molecule is Cn1cc([C@H]2OCCC[C@@H]2NC(=O)CC2CCCCO2)cn1. The highest BCUT2D eigenvalue weighted by Gasteiger charge is 2.30. The predicted octanol–water partition coefficient (Wildman–Crippen LogP) is 1.72. The first-order valence-corrected chi connectivity index (χ1v) is 8.23. The van der Waals surface area contributed by atoms with E-state index in [0.29, 0.717) is 6.42 Å². The van der Waals surface area contributed by atoms with Crippen molar-refractivity contribution in [3.05, 3.63) is 18.0 Å². The lowest BCUT2D eigenvalue weighted by atomic mass is 9.97. The fourth-order valence-corrected chi connectivity index (χ4v) is 3.29. The van der Waals surface area contributed by atoms with E-state index in [1.54, 1.807) is 4.68 Å². The molecule has 1 N–H and O–H groups in total. The maximum absolute atomic E-state index is 12.3. The molecule has 3 rings (SSSR count). The lowest BCUT2D eigenvalue weighted by Gasteiger charge is -2.32.